The molecule has 11 heteroatoms. The van der Waals surface area contributed by atoms with Gasteiger partial charge in [0.25, 0.3) is 0 Å². The summed E-state index contributed by atoms with van der Waals surface area (Å²) in [5.74, 6) is 1.33. The summed E-state index contributed by atoms with van der Waals surface area (Å²) >= 11 is 0. The van der Waals surface area contributed by atoms with Gasteiger partial charge in [0.05, 0.1) is 27.4 Å². The molecule has 0 saturated carbocycles. The molecule has 1 N–H and O–H groups in total. The van der Waals surface area contributed by atoms with Gasteiger partial charge in [-0.05, 0) is 25.0 Å². The van der Waals surface area contributed by atoms with Crippen LogP contribution in [-0.2, 0) is 19.6 Å². The number of piperidine rings is 1. The number of sulfonamides is 1. The number of hydrogen-bond donors (Lipinski definition) is 1. The van der Waals surface area contributed by atoms with Crippen LogP contribution in [0.1, 0.15) is 12.8 Å². The lowest BCUT2D eigenvalue weighted by molar-refractivity contribution is -0.120. The van der Waals surface area contributed by atoms with Crippen molar-refractivity contribution in [1.82, 2.24) is 9.29 Å². The Morgan fingerprint density at radius 1 is 1.06 bits per heavy atom. The number of morpholine rings is 1. The highest BCUT2D eigenvalue weighted by molar-refractivity contribution is 7.89. The molecule has 0 unspecified atom stereocenters. The predicted octanol–water partition coefficient (Wildman–Crippen LogP) is 1.97. The van der Waals surface area contributed by atoms with Crippen LogP contribution < -0.4 is 19.7 Å². The molecule has 10 nitrogen and oxygen atoms in total. The molecular formula is C23H30N4O6S. The van der Waals surface area contributed by atoms with E-state index in [2.05, 4.69) is 10.3 Å². The second-order valence-corrected chi connectivity index (χ2v) is 10.1. The van der Waals surface area contributed by atoms with E-state index in [1.165, 1.54) is 4.31 Å². The van der Waals surface area contributed by atoms with Gasteiger partial charge in [0.15, 0.2) is 0 Å². The number of carbonyl (C=O) groups is 1. The van der Waals surface area contributed by atoms with E-state index < -0.39 is 10.0 Å². The first-order valence-corrected chi connectivity index (χ1v) is 12.7. The van der Waals surface area contributed by atoms with Crippen molar-refractivity contribution in [2.45, 2.75) is 17.7 Å². The first-order valence-electron chi connectivity index (χ1n) is 11.2. The zero-order chi connectivity index (χ0) is 24.1. The minimum absolute atomic E-state index is 0.0860. The zero-order valence-corrected chi connectivity index (χ0v) is 20.2. The lowest BCUT2D eigenvalue weighted by Gasteiger charge is -2.34. The summed E-state index contributed by atoms with van der Waals surface area (Å²) in [6, 6.07) is 8.46. The van der Waals surface area contributed by atoms with Gasteiger partial charge in [0, 0.05) is 62.2 Å². The minimum atomic E-state index is -3.68. The lowest BCUT2D eigenvalue weighted by atomic mass is 9.95. The monoisotopic (exact) mass is 490 g/mol. The molecule has 0 bridgehead atoms. The van der Waals surface area contributed by atoms with Crippen molar-refractivity contribution in [3.8, 4) is 11.5 Å². The number of nitrogens with one attached hydrogen (secondary N) is 1. The molecule has 184 valence electrons. The van der Waals surface area contributed by atoms with Gasteiger partial charge in [-0.1, -0.05) is 0 Å². The van der Waals surface area contributed by atoms with Gasteiger partial charge in [-0.25, -0.2) is 13.4 Å². The number of anilines is 2. The molecule has 0 spiro atoms. The van der Waals surface area contributed by atoms with Crippen molar-refractivity contribution < 1.29 is 27.4 Å². The van der Waals surface area contributed by atoms with Crippen LogP contribution in [0.5, 0.6) is 11.5 Å². The quantitative estimate of drug-likeness (QED) is 0.627. The van der Waals surface area contributed by atoms with Gasteiger partial charge < -0.3 is 24.4 Å². The fourth-order valence-corrected chi connectivity index (χ4v) is 5.80. The number of nitrogens with zero attached hydrogens (tertiary/aromatic N) is 3. The topological polar surface area (TPSA) is 110 Å². The molecule has 2 fully saturated rings. The van der Waals surface area contributed by atoms with Crippen molar-refractivity contribution in [3.63, 3.8) is 0 Å². The summed E-state index contributed by atoms with van der Waals surface area (Å²) in [6.45, 7) is 2.48. The van der Waals surface area contributed by atoms with Gasteiger partial charge in [0.2, 0.25) is 15.9 Å². The molecule has 2 aliphatic rings. The number of carbonyl (C=O) groups excluding carboxylic acids is 1. The standard InChI is InChI=1S/C23H30N4O6S/c1-31-19-14-18(15-20(16-19)32-2)25-23(28)17-5-8-26(9-6-17)22-21(4-3-7-24-22)34(29,30)27-10-12-33-13-11-27/h3-4,7,14-17H,5-6,8-13H2,1-2H3,(H,25,28). The molecule has 34 heavy (non-hydrogen) atoms. The number of aromatic nitrogens is 1. The predicted molar refractivity (Wildman–Crippen MR) is 127 cm³/mol. The average molecular weight is 491 g/mol. The van der Waals surface area contributed by atoms with Crippen molar-refractivity contribution in [1.29, 1.82) is 0 Å². The Morgan fingerprint density at radius 2 is 1.71 bits per heavy atom. The van der Waals surface area contributed by atoms with Crippen LogP contribution in [-0.4, -0.2) is 77.2 Å². The summed E-state index contributed by atoms with van der Waals surface area (Å²) in [5.41, 5.74) is 0.604. The Kier molecular flexibility index (Phi) is 7.54. The van der Waals surface area contributed by atoms with Crippen LogP contribution in [0.25, 0.3) is 0 Å². The van der Waals surface area contributed by atoms with Crippen molar-refractivity contribution in [2.24, 2.45) is 5.92 Å². The van der Waals surface area contributed by atoms with Gasteiger partial charge in [-0.2, -0.15) is 4.31 Å². The minimum Gasteiger partial charge on any atom is -0.497 e. The van der Waals surface area contributed by atoms with Crippen LogP contribution >= 0.6 is 0 Å². The van der Waals surface area contributed by atoms with Gasteiger partial charge in [0.1, 0.15) is 22.2 Å². The van der Waals surface area contributed by atoms with E-state index in [1.54, 1.807) is 50.7 Å². The van der Waals surface area contributed by atoms with Crippen molar-refractivity contribution in [3.05, 3.63) is 36.5 Å². The van der Waals surface area contributed by atoms with Gasteiger partial charge in [-0.15, -0.1) is 0 Å². The number of rotatable bonds is 7. The largest absolute Gasteiger partial charge is 0.497 e. The molecule has 0 radical (unpaired) electrons. The fourth-order valence-electron chi connectivity index (χ4n) is 4.22. The fraction of sp³-hybridized carbons (Fsp3) is 0.478. The van der Waals surface area contributed by atoms with Crippen LogP contribution in [0.15, 0.2) is 41.4 Å². The third-order valence-electron chi connectivity index (χ3n) is 6.12. The number of ether oxygens (including phenoxy) is 3. The Bertz CT molecular complexity index is 1090. The molecule has 2 saturated heterocycles. The summed E-state index contributed by atoms with van der Waals surface area (Å²) in [5, 5.41) is 2.95. The Balaban J connectivity index is 1.43. The Hall–Kier alpha value is -2.89. The highest BCUT2D eigenvalue weighted by Crippen LogP contribution is 2.31. The number of pyridine rings is 1. The number of hydrogen-bond acceptors (Lipinski definition) is 8. The van der Waals surface area contributed by atoms with Crippen LogP contribution in [0, 0.1) is 5.92 Å². The maximum absolute atomic E-state index is 13.3. The first-order chi connectivity index (χ1) is 16.4. The molecule has 2 aromatic rings. The third kappa shape index (κ3) is 5.26. The second kappa shape index (κ2) is 10.6. The average Bonchev–Trinajstić information content (AvgIpc) is 2.89. The molecule has 0 atom stereocenters. The molecule has 4 rings (SSSR count). The van der Waals surface area contributed by atoms with Crippen LogP contribution in [0.3, 0.4) is 0 Å². The van der Waals surface area contributed by atoms with E-state index in [4.69, 9.17) is 14.2 Å². The smallest absolute Gasteiger partial charge is 0.246 e. The summed E-state index contributed by atoms with van der Waals surface area (Å²) in [6.07, 6.45) is 2.77. The molecule has 1 amide bonds. The van der Waals surface area contributed by atoms with E-state index >= 15 is 0 Å². The highest BCUT2D eigenvalue weighted by atomic mass is 32.2. The van der Waals surface area contributed by atoms with Crippen LogP contribution in [0.2, 0.25) is 0 Å². The van der Waals surface area contributed by atoms with Crippen molar-refractivity contribution >= 4 is 27.4 Å². The second-order valence-electron chi connectivity index (χ2n) is 8.19. The molecule has 3 heterocycles. The van der Waals surface area contributed by atoms with E-state index in [1.807, 2.05) is 4.90 Å². The maximum Gasteiger partial charge on any atom is 0.246 e. The molecule has 1 aromatic carbocycles. The van der Waals surface area contributed by atoms with Gasteiger partial charge >= 0.3 is 0 Å². The van der Waals surface area contributed by atoms with E-state index in [0.29, 0.717) is 75.2 Å². The summed E-state index contributed by atoms with van der Waals surface area (Å²) < 4.78 is 43.8. The molecule has 0 aliphatic carbocycles. The number of amides is 1. The Labute approximate surface area is 199 Å². The lowest BCUT2D eigenvalue weighted by Crippen LogP contribution is -2.42. The van der Waals surface area contributed by atoms with E-state index in [-0.39, 0.29) is 16.7 Å². The van der Waals surface area contributed by atoms with Crippen LogP contribution in [0.4, 0.5) is 11.5 Å². The zero-order valence-electron chi connectivity index (χ0n) is 19.4. The maximum atomic E-state index is 13.3. The van der Waals surface area contributed by atoms with E-state index in [0.717, 1.165) is 0 Å². The molecule has 1 aromatic heterocycles. The number of methoxy groups -OCH3 is 2. The van der Waals surface area contributed by atoms with Gasteiger partial charge in [-0.3, -0.25) is 4.79 Å². The first kappa shape index (κ1) is 24.2. The Morgan fingerprint density at radius 3 is 2.32 bits per heavy atom. The third-order valence-corrected chi connectivity index (χ3v) is 8.04. The summed E-state index contributed by atoms with van der Waals surface area (Å²) in [7, 11) is -0.566. The van der Waals surface area contributed by atoms with E-state index in [9.17, 15) is 13.2 Å². The van der Waals surface area contributed by atoms with Crippen molar-refractivity contribution in [2.75, 3.05) is 63.8 Å². The summed E-state index contributed by atoms with van der Waals surface area (Å²) in [4.78, 5) is 19.4. The normalized spacial score (nSPS) is 17.9. The molecular weight excluding hydrogens is 460 g/mol. The number of benzene rings is 1. The SMILES string of the molecule is COc1cc(NC(=O)C2CCN(c3ncccc3S(=O)(=O)N3CCOCC3)CC2)cc(OC)c1. The molecule has 2 aliphatic heterocycles. The highest BCUT2D eigenvalue weighted by Gasteiger charge is 2.33.